The normalized spacial score (nSPS) is 11.1. The Hall–Kier alpha value is -1.99. The fourth-order valence-electron chi connectivity index (χ4n) is 2.96. The van der Waals surface area contributed by atoms with E-state index in [0.717, 1.165) is 14.7 Å². The van der Waals surface area contributed by atoms with Gasteiger partial charge in [0, 0.05) is 0 Å². The quantitative estimate of drug-likeness (QED) is 0.196. The fourth-order valence-corrected chi connectivity index (χ4v) is 6.81. The summed E-state index contributed by atoms with van der Waals surface area (Å²) in [6.45, 7) is 0. The smallest absolute Gasteiger partial charge is 0.185 e. The maximum absolute atomic E-state index is 10.2. The van der Waals surface area contributed by atoms with E-state index in [4.69, 9.17) is 34.8 Å². The minimum Gasteiger partial charge on any atom is -0.748 e. The summed E-state index contributed by atoms with van der Waals surface area (Å²) in [6, 6.07) is 31.8. The lowest BCUT2D eigenvalue weighted by Crippen LogP contribution is -2.06. The monoisotopic (exact) mass is 536 g/mol. The molecule has 0 saturated heterocycles. The SMILES string of the molecule is Clc1ccccc1[S+](c1ccccc1Cl)c1ccccc1Cl.O=S(=O)([O-])Cc1ccccc1. The summed E-state index contributed by atoms with van der Waals surface area (Å²) in [5, 5.41) is 2.14. The van der Waals surface area contributed by atoms with Crippen molar-refractivity contribution in [1.29, 1.82) is 0 Å². The first-order valence-electron chi connectivity index (χ1n) is 9.71. The Kier molecular flexibility index (Phi) is 9.27. The van der Waals surface area contributed by atoms with E-state index in [1.54, 1.807) is 30.3 Å². The van der Waals surface area contributed by atoms with Gasteiger partial charge in [0.25, 0.3) is 0 Å². The molecule has 0 aliphatic rings. The van der Waals surface area contributed by atoms with E-state index in [1.165, 1.54) is 0 Å². The zero-order valence-corrected chi connectivity index (χ0v) is 21.1. The molecule has 4 aromatic carbocycles. The molecule has 0 amide bonds. The van der Waals surface area contributed by atoms with Crippen LogP contribution in [0.2, 0.25) is 15.1 Å². The molecule has 0 bridgehead atoms. The highest BCUT2D eigenvalue weighted by Crippen LogP contribution is 2.40. The number of hydrogen-bond acceptors (Lipinski definition) is 3. The second-order valence-electron chi connectivity index (χ2n) is 6.79. The van der Waals surface area contributed by atoms with Crippen molar-refractivity contribution >= 4 is 55.8 Å². The van der Waals surface area contributed by atoms with Gasteiger partial charge in [-0.25, -0.2) is 8.42 Å². The van der Waals surface area contributed by atoms with Gasteiger partial charge in [-0.3, -0.25) is 0 Å². The number of hydrogen-bond donors (Lipinski definition) is 0. The molecule has 0 spiro atoms. The number of benzene rings is 4. The molecule has 4 aromatic rings. The average Bonchev–Trinajstić information content (AvgIpc) is 2.78. The van der Waals surface area contributed by atoms with Gasteiger partial charge in [0.15, 0.2) is 14.7 Å². The second-order valence-corrected chi connectivity index (χ2v) is 11.3. The first-order chi connectivity index (χ1) is 15.8. The number of rotatable bonds is 5. The first kappa shape index (κ1) is 25.6. The Morgan fingerprint density at radius 2 is 0.909 bits per heavy atom. The zero-order chi connectivity index (χ0) is 23.8. The van der Waals surface area contributed by atoms with Gasteiger partial charge in [-0.2, -0.15) is 0 Å². The predicted molar refractivity (Wildman–Crippen MR) is 136 cm³/mol. The van der Waals surface area contributed by atoms with Crippen LogP contribution in [0.15, 0.2) is 118 Å². The zero-order valence-electron chi connectivity index (χ0n) is 17.2. The summed E-state index contributed by atoms with van der Waals surface area (Å²) < 4.78 is 30.7. The molecule has 0 N–H and O–H groups in total. The van der Waals surface area contributed by atoms with E-state index in [1.807, 2.05) is 72.8 Å². The van der Waals surface area contributed by atoms with E-state index in [0.29, 0.717) is 20.6 Å². The highest BCUT2D eigenvalue weighted by molar-refractivity contribution is 7.97. The Labute approximate surface area is 212 Å². The molecule has 0 aliphatic carbocycles. The van der Waals surface area contributed by atoms with Crippen LogP contribution >= 0.6 is 34.8 Å². The van der Waals surface area contributed by atoms with Gasteiger partial charge in [-0.15, -0.1) is 0 Å². The molecule has 0 aliphatic heterocycles. The predicted octanol–water partition coefficient (Wildman–Crippen LogP) is 7.47. The third-order valence-corrected chi connectivity index (χ3v) is 8.76. The lowest BCUT2D eigenvalue weighted by Gasteiger charge is -2.11. The second kappa shape index (κ2) is 11.9. The molecule has 0 aromatic heterocycles. The summed E-state index contributed by atoms with van der Waals surface area (Å²) in [7, 11) is -4.57. The van der Waals surface area contributed by atoms with Crippen molar-refractivity contribution in [3.05, 3.63) is 124 Å². The Bertz CT molecular complexity index is 1210. The summed E-state index contributed by atoms with van der Waals surface area (Å²) in [4.78, 5) is 3.06. The summed E-state index contributed by atoms with van der Waals surface area (Å²) in [6.07, 6.45) is 0. The maximum atomic E-state index is 10.2. The van der Waals surface area contributed by atoms with Gasteiger partial charge in [0.05, 0.1) is 30.9 Å². The van der Waals surface area contributed by atoms with E-state index in [9.17, 15) is 13.0 Å². The maximum Gasteiger partial charge on any atom is 0.185 e. The molecular weight excluding hydrogens is 519 g/mol. The Morgan fingerprint density at radius 3 is 1.24 bits per heavy atom. The molecule has 3 nitrogen and oxygen atoms in total. The van der Waals surface area contributed by atoms with Crippen LogP contribution in [0.3, 0.4) is 0 Å². The minimum absolute atomic E-state index is 0.423. The lowest BCUT2D eigenvalue weighted by atomic mass is 10.2. The van der Waals surface area contributed by atoms with Crippen LogP contribution in [0.4, 0.5) is 0 Å². The summed E-state index contributed by atoms with van der Waals surface area (Å²) in [5.74, 6) is -0.423. The highest BCUT2D eigenvalue weighted by Gasteiger charge is 2.34. The highest BCUT2D eigenvalue weighted by atomic mass is 35.5. The van der Waals surface area contributed by atoms with Crippen LogP contribution in [-0.4, -0.2) is 13.0 Å². The first-order valence-corrected chi connectivity index (χ1v) is 13.7. The topological polar surface area (TPSA) is 57.2 Å². The third-order valence-electron chi connectivity index (χ3n) is 4.36. The van der Waals surface area contributed by atoms with Gasteiger partial charge < -0.3 is 4.55 Å². The third kappa shape index (κ3) is 7.51. The van der Waals surface area contributed by atoms with Crippen molar-refractivity contribution in [1.82, 2.24) is 0 Å². The minimum atomic E-state index is -4.13. The van der Waals surface area contributed by atoms with Crippen molar-refractivity contribution in [2.24, 2.45) is 0 Å². The molecule has 0 heterocycles. The van der Waals surface area contributed by atoms with E-state index in [-0.39, 0.29) is 0 Å². The summed E-state index contributed by atoms with van der Waals surface area (Å²) in [5.41, 5.74) is 0.530. The fraction of sp³-hybridized carbons (Fsp3) is 0.0400. The molecule has 0 saturated carbocycles. The molecule has 170 valence electrons. The van der Waals surface area contributed by atoms with Crippen molar-refractivity contribution in [2.45, 2.75) is 20.4 Å². The van der Waals surface area contributed by atoms with Crippen molar-refractivity contribution in [2.75, 3.05) is 0 Å². The van der Waals surface area contributed by atoms with Gasteiger partial charge in [-0.1, -0.05) is 102 Å². The lowest BCUT2D eigenvalue weighted by molar-refractivity contribution is 0.462. The molecule has 0 radical (unpaired) electrons. The molecular formula is C25H19Cl3O3S2. The van der Waals surface area contributed by atoms with Crippen LogP contribution in [-0.2, 0) is 26.8 Å². The van der Waals surface area contributed by atoms with Crippen molar-refractivity contribution in [3.8, 4) is 0 Å². The summed E-state index contributed by atoms with van der Waals surface area (Å²) >= 11 is 19.3. The van der Waals surface area contributed by atoms with Crippen molar-refractivity contribution in [3.63, 3.8) is 0 Å². The van der Waals surface area contributed by atoms with Crippen LogP contribution in [0, 0.1) is 0 Å². The molecule has 0 atom stereocenters. The standard InChI is InChI=1S/C18H12Cl3S.C7H8O3S/c19-13-7-1-4-10-16(13)22(17-11-5-2-8-14(17)20)18-12-6-3-9-15(18)21;8-11(9,10)6-7-4-2-1-3-5-7/h1-12H;1-5H,6H2,(H,8,9,10)/q+1;/p-1. The molecule has 0 fully saturated rings. The van der Waals surface area contributed by atoms with Crippen LogP contribution in [0.1, 0.15) is 5.56 Å². The van der Waals surface area contributed by atoms with Gasteiger partial charge in [0.1, 0.15) is 10.9 Å². The van der Waals surface area contributed by atoms with E-state index >= 15 is 0 Å². The van der Waals surface area contributed by atoms with Crippen LogP contribution < -0.4 is 0 Å². The van der Waals surface area contributed by atoms with E-state index < -0.39 is 26.8 Å². The van der Waals surface area contributed by atoms with Crippen molar-refractivity contribution < 1.29 is 13.0 Å². The van der Waals surface area contributed by atoms with Gasteiger partial charge >= 0.3 is 0 Å². The molecule has 0 unspecified atom stereocenters. The molecule has 33 heavy (non-hydrogen) atoms. The molecule has 4 rings (SSSR count). The Balaban J connectivity index is 0.000000235. The van der Waals surface area contributed by atoms with Gasteiger partial charge in [0.2, 0.25) is 0 Å². The van der Waals surface area contributed by atoms with E-state index in [2.05, 4.69) is 0 Å². The van der Waals surface area contributed by atoms with Crippen LogP contribution in [0.25, 0.3) is 0 Å². The largest absolute Gasteiger partial charge is 0.748 e. The molecule has 8 heteroatoms. The van der Waals surface area contributed by atoms with Gasteiger partial charge in [-0.05, 0) is 42.0 Å². The average molecular weight is 538 g/mol. The van der Waals surface area contributed by atoms with Crippen LogP contribution in [0.5, 0.6) is 0 Å². The number of halogens is 3. The Morgan fingerprint density at radius 1 is 0.576 bits per heavy atom.